The van der Waals surface area contributed by atoms with Gasteiger partial charge < -0.3 is 13.7 Å². The molecule has 3 aromatic heterocycles. The summed E-state index contributed by atoms with van der Waals surface area (Å²) in [6.45, 7) is 0. The Hall–Kier alpha value is -7.28. The fraction of sp³-hybridized carbons (Fsp3) is 0. The SMILES string of the molecule is c1ccc(N2c3ccc(N(c4ccc5c(c4)oc4ccccc45)c4ccc5c(c4)oc4ccccc45)cc3[SiH2]c3c2n(-c2ccccc2)c2ccccc32)cc1. The third kappa shape index (κ3) is 4.66. The zero-order valence-electron chi connectivity index (χ0n) is 30.3. The van der Waals surface area contributed by atoms with Crippen LogP contribution in [0.4, 0.5) is 34.3 Å². The number of fused-ring (bicyclic) bond motifs is 10. The molecule has 0 saturated heterocycles. The van der Waals surface area contributed by atoms with Crippen molar-refractivity contribution in [1.29, 1.82) is 0 Å². The molecule has 0 atom stereocenters. The predicted molar refractivity (Wildman–Crippen MR) is 235 cm³/mol. The van der Waals surface area contributed by atoms with Gasteiger partial charge >= 0.3 is 0 Å². The van der Waals surface area contributed by atoms with Gasteiger partial charge in [-0.2, -0.15) is 0 Å². The molecule has 0 fully saturated rings. The Bertz CT molecular complexity index is 3190. The maximum absolute atomic E-state index is 6.45. The largest absolute Gasteiger partial charge is 0.456 e. The van der Waals surface area contributed by atoms with Crippen LogP contribution in [0, 0.1) is 0 Å². The van der Waals surface area contributed by atoms with Gasteiger partial charge in [-0.3, -0.25) is 9.47 Å². The topological polar surface area (TPSA) is 37.7 Å². The lowest BCUT2D eigenvalue weighted by atomic mass is 10.1. The normalized spacial score (nSPS) is 13.0. The maximum atomic E-state index is 6.45. The van der Waals surface area contributed by atoms with Gasteiger partial charge in [0.25, 0.3) is 0 Å². The standard InChI is InChI=1S/C50H33N3O2Si/c1-3-13-32(14-4-1)52-42-20-10-7-19-41(42)49-50(52)53(33-15-5-2-6-16-33)43-28-25-36(31-48(43)56-49)51(34-23-26-39-37-17-8-11-21-44(37)54-46(39)29-34)35-24-27-40-38-18-9-12-22-45(38)55-47(40)30-35/h1-31H,56H2. The fourth-order valence-electron chi connectivity index (χ4n) is 8.91. The van der Waals surface area contributed by atoms with Crippen LogP contribution in [0.3, 0.4) is 0 Å². The van der Waals surface area contributed by atoms with Crippen LogP contribution in [-0.2, 0) is 0 Å². The Balaban J connectivity index is 1.08. The first-order valence-electron chi connectivity index (χ1n) is 19.1. The molecular weight excluding hydrogens is 703 g/mol. The van der Waals surface area contributed by atoms with Crippen molar-refractivity contribution in [3.8, 4) is 5.69 Å². The van der Waals surface area contributed by atoms with Crippen molar-refractivity contribution in [3.63, 3.8) is 0 Å². The molecule has 0 radical (unpaired) electrons. The van der Waals surface area contributed by atoms with Gasteiger partial charge in [-0.25, -0.2) is 0 Å². The minimum Gasteiger partial charge on any atom is -0.456 e. The first-order valence-corrected chi connectivity index (χ1v) is 20.5. The van der Waals surface area contributed by atoms with E-state index < -0.39 is 9.52 Å². The smallest absolute Gasteiger partial charge is 0.137 e. The van der Waals surface area contributed by atoms with Crippen LogP contribution in [0.15, 0.2) is 197 Å². The number of benzene rings is 8. The minimum absolute atomic E-state index is 0.861. The summed E-state index contributed by atoms with van der Waals surface area (Å²) in [6, 6.07) is 67.2. The number of aromatic nitrogens is 1. The van der Waals surface area contributed by atoms with E-state index >= 15 is 0 Å². The molecule has 0 bridgehead atoms. The number of hydrogen-bond acceptors (Lipinski definition) is 4. The molecule has 0 aliphatic carbocycles. The molecule has 8 aromatic carbocycles. The highest BCUT2D eigenvalue weighted by molar-refractivity contribution is 6.74. The average Bonchev–Trinajstić information content (AvgIpc) is 3.92. The molecule has 6 heteroatoms. The zero-order chi connectivity index (χ0) is 36.7. The van der Waals surface area contributed by atoms with E-state index in [0.717, 1.165) is 72.3 Å². The van der Waals surface area contributed by atoms with Crippen LogP contribution in [-0.4, -0.2) is 14.1 Å². The highest BCUT2D eigenvalue weighted by Gasteiger charge is 2.32. The Morgan fingerprint density at radius 3 is 1.55 bits per heavy atom. The van der Waals surface area contributed by atoms with E-state index in [1.165, 1.54) is 32.8 Å². The Labute approximate surface area is 324 Å². The van der Waals surface area contributed by atoms with Crippen molar-refractivity contribution >= 4 is 109 Å². The van der Waals surface area contributed by atoms with E-state index in [2.05, 4.69) is 178 Å². The van der Waals surface area contributed by atoms with Gasteiger partial charge in [0.2, 0.25) is 0 Å². The van der Waals surface area contributed by atoms with Crippen LogP contribution in [0.1, 0.15) is 0 Å². The number of hydrogen-bond donors (Lipinski definition) is 0. The minimum atomic E-state index is -0.977. The van der Waals surface area contributed by atoms with Crippen molar-refractivity contribution in [2.45, 2.75) is 0 Å². The molecule has 0 unspecified atom stereocenters. The monoisotopic (exact) mass is 735 g/mol. The number of para-hydroxylation sites is 5. The lowest BCUT2D eigenvalue weighted by Gasteiger charge is -2.34. The van der Waals surface area contributed by atoms with Crippen molar-refractivity contribution < 1.29 is 8.83 Å². The molecule has 0 amide bonds. The van der Waals surface area contributed by atoms with Crippen molar-refractivity contribution in [1.82, 2.24) is 4.57 Å². The van der Waals surface area contributed by atoms with Crippen molar-refractivity contribution in [2.24, 2.45) is 0 Å². The van der Waals surface area contributed by atoms with Crippen molar-refractivity contribution in [3.05, 3.63) is 188 Å². The molecule has 264 valence electrons. The third-order valence-corrected chi connectivity index (χ3v) is 13.4. The second kappa shape index (κ2) is 12.1. The van der Waals surface area contributed by atoms with Gasteiger partial charge in [-0.05, 0) is 95.3 Å². The first-order chi connectivity index (χ1) is 27.8. The summed E-state index contributed by atoms with van der Waals surface area (Å²) in [5.41, 5.74) is 11.4. The van der Waals surface area contributed by atoms with E-state index in [4.69, 9.17) is 8.83 Å². The van der Waals surface area contributed by atoms with Gasteiger partial charge in [-0.1, -0.05) is 91.0 Å². The van der Waals surface area contributed by atoms with Gasteiger partial charge in [0.15, 0.2) is 0 Å². The molecule has 4 heterocycles. The molecule has 56 heavy (non-hydrogen) atoms. The quantitative estimate of drug-likeness (QED) is 0.165. The summed E-state index contributed by atoms with van der Waals surface area (Å²) >= 11 is 0. The van der Waals surface area contributed by atoms with E-state index in [-0.39, 0.29) is 0 Å². The van der Waals surface area contributed by atoms with Crippen LogP contribution in [0.2, 0.25) is 0 Å². The predicted octanol–water partition coefficient (Wildman–Crippen LogP) is 11.8. The van der Waals surface area contributed by atoms with Crippen LogP contribution in [0.5, 0.6) is 0 Å². The molecule has 1 aliphatic heterocycles. The van der Waals surface area contributed by atoms with Crippen LogP contribution < -0.4 is 20.2 Å². The summed E-state index contributed by atoms with van der Waals surface area (Å²) in [6.07, 6.45) is 0. The molecule has 11 aromatic rings. The second-order valence-electron chi connectivity index (χ2n) is 14.5. The Morgan fingerprint density at radius 1 is 0.411 bits per heavy atom. The molecule has 12 rings (SSSR count). The van der Waals surface area contributed by atoms with Gasteiger partial charge in [-0.15, -0.1) is 0 Å². The molecule has 5 nitrogen and oxygen atoms in total. The fourth-order valence-corrected chi connectivity index (χ4v) is 11.0. The number of nitrogens with zero attached hydrogens (tertiary/aromatic N) is 3. The molecule has 0 N–H and O–H groups in total. The first kappa shape index (κ1) is 31.1. The van der Waals surface area contributed by atoms with Gasteiger partial charge in [0, 0.05) is 73.2 Å². The second-order valence-corrected chi connectivity index (χ2v) is 16.4. The van der Waals surface area contributed by atoms with Crippen LogP contribution in [0.25, 0.3) is 60.5 Å². The molecule has 0 spiro atoms. The zero-order valence-corrected chi connectivity index (χ0v) is 31.7. The number of rotatable bonds is 5. The van der Waals surface area contributed by atoms with Crippen molar-refractivity contribution in [2.75, 3.05) is 9.80 Å². The summed E-state index contributed by atoms with van der Waals surface area (Å²) in [4.78, 5) is 4.83. The average molecular weight is 736 g/mol. The lowest BCUT2D eigenvalue weighted by molar-refractivity contribution is 0.669. The summed E-state index contributed by atoms with van der Waals surface area (Å²) < 4.78 is 15.4. The van der Waals surface area contributed by atoms with Crippen LogP contribution >= 0.6 is 0 Å². The number of anilines is 6. The number of furan rings is 2. The van der Waals surface area contributed by atoms with E-state index in [1.54, 1.807) is 0 Å². The van der Waals surface area contributed by atoms with Gasteiger partial charge in [0.05, 0.1) is 15.0 Å². The highest BCUT2D eigenvalue weighted by atomic mass is 28.2. The summed E-state index contributed by atoms with van der Waals surface area (Å²) in [7, 11) is -0.977. The van der Waals surface area contributed by atoms with E-state index in [0.29, 0.717) is 0 Å². The summed E-state index contributed by atoms with van der Waals surface area (Å²) in [5, 5.41) is 8.60. The highest BCUT2D eigenvalue weighted by Crippen LogP contribution is 2.44. The Morgan fingerprint density at radius 2 is 0.911 bits per heavy atom. The van der Waals surface area contributed by atoms with E-state index in [9.17, 15) is 0 Å². The maximum Gasteiger partial charge on any atom is 0.137 e. The molecule has 1 aliphatic rings. The van der Waals surface area contributed by atoms with E-state index in [1.807, 2.05) is 24.3 Å². The lowest BCUT2D eigenvalue weighted by Crippen LogP contribution is -2.40. The van der Waals surface area contributed by atoms with Gasteiger partial charge in [0.1, 0.15) is 28.1 Å². The summed E-state index contributed by atoms with van der Waals surface area (Å²) in [5.74, 6) is 1.23. The third-order valence-electron chi connectivity index (χ3n) is 11.4. The molecular formula is C50H33N3O2Si. The Kier molecular flexibility index (Phi) is 6.73. The molecule has 0 saturated carbocycles.